The highest BCUT2D eigenvalue weighted by atomic mass is 19.4. The second kappa shape index (κ2) is 7.45. The van der Waals surface area contributed by atoms with Gasteiger partial charge in [0.2, 0.25) is 0 Å². The predicted octanol–water partition coefficient (Wildman–Crippen LogP) is 3.62. The number of alkyl halides is 3. The largest absolute Gasteiger partial charge is 0.496 e. The van der Waals surface area contributed by atoms with Crippen molar-refractivity contribution in [2.24, 2.45) is 0 Å². The molecule has 7 heteroatoms. The van der Waals surface area contributed by atoms with Gasteiger partial charge in [0.25, 0.3) is 0 Å². The molecule has 0 bridgehead atoms. The van der Waals surface area contributed by atoms with Crippen LogP contribution in [0.2, 0.25) is 0 Å². The molecule has 1 saturated heterocycles. The summed E-state index contributed by atoms with van der Waals surface area (Å²) in [5, 5.41) is 0. The molecule has 26 heavy (non-hydrogen) atoms. The molecule has 0 atom stereocenters. The van der Waals surface area contributed by atoms with Crippen LogP contribution in [0.15, 0.2) is 42.5 Å². The maximum Gasteiger partial charge on any atom is 0.416 e. The fourth-order valence-corrected chi connectivity index (χ4v) is 3.19. The summed E-state index contributed by atoms with van der Waals surface area (Å²) in [5.74, 6) is 0.810. The van der Waals surface area contributed by atoms with E-state index in [2.05, 4.69) is 9.80 Å². The first-order valence-corrected chi connectivity index (χ1v) is 8.44. The number of anilines is 2. The summed E-state index contributed by atoms with van der Waals surface area (Å²) < 4.78 is 43.4. The molecule has 2 aromatic carbocycles. The molecule has 2 aromatic rings. The number of rotatable bonds is 4. The van der Waals surface area contributed by atoms with E-state index in [1.807, 2.05) is 18.2 Å². The monoisotopic (exact) mass is 365 g/mol. The van der Waals surface area contributed by atoms with Crippen molar-refractivity contribution in [3.8, 4) is 5.75 Å². The summed E-state index contributed by atoms with van der Waals surface area (Å²) in [6.45, 7) is 3.89. The average Bonchev–Trinajstić information content (AvgIpc) is 2.62. The van der Waals surface area contributed by atoms with Crippen LogP contribution in [0.5, 0.6) is 5.75 Å². The van der Waals surface area contributed by atoms with E-state index in [4.69, 9.17) is 10.5 Å². The van der Waals surface area contributed by atoms with Crippen molar-refractivity contribution >= 4 is 11.4 Å². The molecule has 140 valence electrons. The Labute approximate surface area is 151 Å². The molecular formula is C19H22F3N3O. The first-order chi connectivity index (χ1) is 12.4. The Morgan fingerprint density at radius 2 is 1.65 bits per heavy atom. The molecular weight excluding hydrogens is 343 g/mol. The summed E-state index contributed by atoms with van der Waals surface area (Å²) in [7, 11) is 1.64. The highest BCUT2D eigenvalue weighted by Crippen LogP contribution is 2.31. The van der Waals surface area contributed by atoms with E-state index in [0.29, 0.717) is 5.69 Å². The van der Waals surface area contributed by atoms with Crippen LogP contribution in [0.4, 0.5) is 24.5 Å². The number of hydrogen-bond acceptors (Lipinski definition) is 4. The van der Waals surface area contributed by atoms with Gasteiger partial charge in [-0.2, -0.15) is 13.2 Å². The number of hydrogen-bond donors (Lipinski definition) is 1. The van der Waals surface area contributed by atoms with Gasteiger partial charge in [0.1, 0.15) is 5.75 Å². The Balaban J connectivity index is 1.60. The Morgan fingerprint density at radius 3 is 2.23 bits per heavy atom. The van der Waals surface area contributed by atoms with Crippen LogP contribution >= 0.6 is 0 Å². The van der Waals surface area contributed by atoms with E-state index < -0.39 is 11.7 Å². The Morgan fingerprint density at radius 1 is 1.00 bits per heavy atom. The smallest absolute Gasteiger partial charge is 0.416 e. The van der Waals surface area contributed by atoms with Crippen LogP contribution in [-0.2, 0) is 12.7 Å². The number of nitrogen functional groups attached to an aromatic ring is 1. The lowest BCUT2D eigenvalue weighted by atomic mass is 10.1. The van der Waals surface area contributed by atoms with Gasteiger partial charge in [-0.25, -0.2) is 0 Å². The number of halogens is 3. The topological polar surface area (TPSA) is 41.7 Å². The van der Waals surface area contributed by atoms with Crippen molar-refractivity contribution in [1.29, 1.82) is 0 Å². The average molecular weight is 365 g/mol. The van der Waals surface area contributed by atoms with Gasteiger partial charge in [-0.15, -0.1) is 0 Å². The zero-order chi connectivity index (χ0) is 18.7. The van der Waals surface area contributed by atoms with Gasteiger partial charge in [-0.05, 0) is 42.5 Å². The molecule has 4 nitrogen and oxygen atoms in total. The highest BCUT2D eigenvalue weighted by Gasteiger charge is 2.30. The summed E-state index contributed by atoms with van der Waals surface area (Å²) in [5.41, 5.74) is 7.80. The zero-order valence-corrected chi connectivity index (χ0v) is 14.6. The Kier molecular flexibility index (Phi) is 5.27. The van der Waals surface area contributed by atoms with E-state index >= 15 is 0 Å². The van der Waals surface area contributed by atoms with Crippen molar-refractivity contribution in [2.45, 2.75) is 12.7 Å². The van der Waals surface area contributed by atoms with Gasteiger partial charge in [0, 0.05) is 49.7 Å². The van der Waals surface area contributed by atoms with E-state index in [1.165, 1.54) is 0 Å². The van der Waals surface area contributed by atoms with Crippen LogP contribution in [0, 0.1) is 0 Å². The highest BCUT2D eigenvalue weighted by molar-refractivity contribution is 5.49. The zero-order valence-electron chi connectivity index (χ0n) is 14.6. The molecule has 1 heterocycles. The van der Waals surface area contributed by atoms with Gasteiger partial charge < -0.3 is 15.4 Å². The first-order valence-electron chi connectivity index (χ1n) is 8.44. The van der Waals surface area contributed by atoms with Crippen LogP contribution in [0.25, 0.3) is 0 Å². The number of piperazine rings is 1. The number of methoxy groups -OCH3 is 1. The summed E-state index contributed by atoms with van der Waals surface area (Å²) in [4.78, 5) is 4.39. The minimum Gasteiger partial charge on any atom is -0.496 e. The molecule has 0 unspecified atom stereocenters. The van der Waals surface area contributed by atoms with Gasteiger partial charge in [-0.3, -0.25) is 4.90 Å². The quantitative estimate of drug-likeness (QED) is 0.841. The van der Waals surface area contributed by atoms with Gasteiger partial charge in [0.05, 0.1) is 12.7 Å². The third-order valence-corrected chi connectivity index (χ3v) is 4.63. The van der Waals surface area contributed by atoms with Crippen LogP contribution in [-0.4, -0.2) is 38.2 Å². The SMILES string of the molecule is COc1ccc(N)cc1CN1CCN(c2ccc(C(F)(F)F)cc2)CC1. The standard InChI is InChI=1S/C19H22F3N3O/c1-26-18-7-4-16(23)12-14(18)13-24-8-10-25(11-9-24)17-5-2-15(3-6-17)19(20,21)22/h2-7,12H,8-11,13,23H2,1H3. The molecule has 2 N–H and O–H groups in total. The molecule has 1 aliphatic rings. The molecule has 1 fully saturated rings. The number of nitrogens with zero attached hydrogens (tertiary/aromatic N) is 2. The van der Waals surface area contributed by atoms with Crippen molar-refractivity contribution < 1.29 is 17.9 Å². The summed E-state index contributed by atoms with van der Waals surface area (Å²) in [6, 6.07) is 11.0. The lowest BCUT2D eigenvalue weighted by molar-refractivity contribution is -0.137. The Hall–Kier alpha value is -2.41. The molecule has 1 aliphatic heterocycles. The molecule has 0 saturated carbocycles. The van der Waals surface area contributed by atoms with Crippen LogP contribution < -0.4 is 15.4 Å². The molecule has 0 spiro atoms. The fraction of sp³-hybridized carbons (Fsp3) is 0.368. The number of benzene rings is 2. The van der Waals surface area contributed by atoms with E-state index in [1.54, 1.807) is 19.2 Å². The van der Waals surface area contributed by atoms with Crippen molar-refractivity contribution in [1.82, 2.24) is 4.90 Å². The van der Waals surface area contributed by atoms with E-state index in [0.717, 1.165) is 61.9 Å². The molecule has 0 amide bonds. The minimum atomic E-state index is -4.30. The maximum absolute atomic E-state index is 12.7. The van der Waals surface area contributed by atoms with Crippen LogP contribution in [0.1, 0.15) is 11.1 Å². The van der Waals surface area contributed by atoms with Crippen molar-refractivity contribution in [3.05, 3.63) is 53.6 Å². The van der Waals surface area contributed by atoms with Gasteiger partial charge in [0.15, 0.2) is 0 Å². The van der Waals surface area contributed by atoms with Crippen molar-refractivity contribution in [2.75, 3.05) is 43.9 Å². The third kappa shape index (κ3) is 4.22. The predicted molar refractivity (Wildman–Crippen MR) is 96.3 cm³/mol. The lowest BCUT2D eigenvalue weighted by Gasteiger charge is -2.36. The van der Waals surface area contributed by atoms with Crippen LogP contribution in [0.3, 0.4) is 0 Å². The molecule has 0 radical (unpaired) electrons. The summed E-state index contributed by atoms with van der Waals surface area (Å²) >= 11 is 0. The first kappa shape index (κ1) is 18.4. The molecule has 3 rings (SSSR count). The molecule has 0 aliphatic carbocycles. The lowest BCUT2D eigenvalue weighted by Crippen LogP contribution is -2.46. The number of nitrogens with two attached hydrogens (primary N) is 1. The second-order valence-electron chi connectivity index (χ2n) is 6.38. The van der Waals surface area contributed by atoms with Crippen molar-refractivity contribution in [3.63, 3.8) is 0 Å². The summed E-state index contributed by atoms with van der Waals surface area (Å²) in [6.07, 6.45) is -4.30. The fourth-order valence-electron chi connectivity index (χ4n) is 3.19. The van der Waals surface area contributed by atoms with E-state index in [9.17, 15) is 13.2 Å². The number of ether oxygens (including phenoxy) is 1. The molecule has 0 aromatic heterocycles. The Bertz CT molecular complexity index is 739. The minimum absolute atomic E-state index is 0.617. The van der Waals surface area contributed by atoms with Gasteiger partial charge in [-0.1, -0.05) is 0 Å². The normalized spacial score (nSPS) is 15.9. The maximum atomic E-state index is 12.7. The van der Waals surface area contributed by atoms with E-state index in [-0.39, 0.29) is 0 Å². The third-order valence-electron chi connectivity index (χ3n) is 4.63. The van der Waals surface area contributed by atoms with Gasteiger partial charge >= 0.3 is 6.18 Å². The second-order valence-corrected chi connectivity index (χ2v) is 6.38.